The first-order valence-electron chi connectivity index (χ1n) is 15.6. The number of methoxy groups -OCH3 is 1. The Bertz CT molecular complexity index is 1670. The Labute approximate surface area is 263 Å². The van der Waals surface area contributed by atoms with Crippen LogP contribution in [0.5, 0.6) is 0 Å². The van der Waals surface area contributed by atoms with Gasteiger partial charge < -0.3 is 14.8 Å². The quantitative estimate of drug-likeness (QED) is 0.234. The van der Waals surface area contributed by atoms with Crippen molar-refractivity contribution < 1.29 is 14.3 Å². The number of nitrogens with one attached hydrogen (secondary N) is 1. The summed E-state index contributed by atoms with van der Waals surface area (Å²) in [6, 6.07) is 40.8. The fraction of sp³-hybridized carbons (Fsp3) is 0.237. The van der Waals surface area contributed by atoms with E-state index in [0.717, 1.165) is 46.7 Å². The number of benzene rings is 4. The minimum Gasteiger partial charge on any atom is -0.465 e. The number of ether oxygens (including phenoxy) is 2. The van der Waals surface area contributed by atoms with Gasteiger partial charge in [-0.2, -0.15) is 0 Å². The Morgan fingerprint density at radius 1 is 0.822 bits per heavy atom. The second-order valence-electron chi connectivity index (χ2n) is 11.9. The van der Waals surface area contributed by atoms with Gasteiger partial charge in [-0.1, -0.05) is 115 Å². The number of rotatable bonds is 6. The average Bonchev–Trinajstić information content (AvgIpc) is 3.65. The molecule has 7 heteroatoms. The lowest BCUT2D eigenvalue weighted by Crippen LogP contribution is -2.59. The first-order valence-corrected chi connectivity index (χ1v) is 15.6. The number of fused-ring (bicyclic) bond motifs is 1. The molecule has 8 rings (SSSR count). The van der Waals surface area contributed by atoms with Gasteiger partial charge >= 0.3 is 5.97 Å². The van der Waals surface area contributed by atoms with Crippen molar-refractivity contribution >= 4 is 11.7 Å². The molecule has 1 N–H and O–H groups in total. The normalized spacial score (nSPS) is 23.3. The van der Waals surface area contributed by atoms with Crippen molar-refractivity contribution in [1.29, 1.82) is 0 Å². The van der Waals surface area contributed by atoms with Crippen LogP contribution in [0.15, 0.2) is 139 Å². The molecule has 0 saturated carbocycles. The van der Waals surface area contributed by atoms with Crippen molar-refractivity contribution in [2.75, 3.05) is 45.4 Å². The third-order valence-electron chi connectivity index (χ3n) is 9.89. The van der Waals surface area contributed by atoms with Gasteiger partial charge in [-0.3, -0.25) is 4.90 Å². The standard InChI is InChI=1S/C38H36N4O3/c1-44-36(43)31-21-22-34-38(32-19-11-12-20-33(32)39-35(31)38)42(27-41(34)40-23-25-45-26-24-40)37(28-13-5-2-6-14-28,29-15-7-3-8-16-29)30-17-9-4-10-18-30/h2-22,34,39H,23-27H2,1H3. The zero-order valence-corrected chi connectivity index (χ0v) is 25.3. The molecule has 2 unspecified atom stereocenters. The number of carbonyl (C=O) groups excluding carboxylic acids is 1. The molecule has 0 bridgehead atoms. The van der Waals surface area contributed by atoms with Crippen LogP contribution in [0.3, 0.4) is 0 Å². The highest BCUT2D eigenvalue weighted by atomic mass is 16.5. The SMILES string of the molecule is COC(=O)C1=C2Nc3ccccc3C23C(C=C1)N(N1CCOCC1)CN3C(c1ccccc1)(c1ccccc1)c1ccccc1. The molecule has 226 valence electrons. The summed E-state index contributed by atoms with van der Waals surface area (Å²) in [7, 11) is 1.46. The molecule has 1 spiro atoms. The van der Waals surface area contributed by atoms with E-state index in [1.165, 1.54) is 7.11 Å². The van der Waals surface area contributed by atoms with Crippen molar-refractivity contribution in [2.24, 2.45) is 0 Å². The molecule has 2 saturated heterocycles. The summed E-state index contributed by atoms with van der Waals surface area (Å²) in [6.45, 7) is 3.53. The van der Waals surface area contributed by atoms with Crippen LogP contribution >= 0.6 is 0 Å². The van der Waals surface area contributed by atoms with E-state index >= 15 is 0 Å². The summed E-state index contributed by atoms with van der Waals surface area (Å²) in [5, 5.41) is 8.70. The summed E-state index contributed by atoms with van der Waals surface area (Å²) < 4.78 is 11.2. The van der Waals surface area contributed by atoms with E-state index in [1.54, 1.807) is 0 Å². The smallest absolute Gasteiger partial charge is 0.339 e. The second-order valence-corrected chi connectivity index (χ2v) is 11.9. The van der Waals surface area contributed by atoms with Crippen LogP contribution in [-0.4, -0.2) is 67.0 Å². The molecular weight excluding hydrogens is 560 g/mol. The first kappa shape index (κ1) is 28.0. The lowest BCUT2D eigenvalue weighted by Gasteiger charge is -2.52. The topological polar surface area (TPSA) is 57.3 Å². The first-order chi connectivity index (χ1) is 22.2. The van der Waals surface area contributed by atoms with E-state index in [9.17, 15) is 4.79 Å². The van der Waals surface area contributed by atoms with Crippen LogP contribution in [-0.2, 0) is 25.3 Å². The fourth-order valence-corrected chi connectivity index (χ4v) is 8.11. The minimum absolute atomic E-state index is 0.120. The highest BCUT2D eigenvalue weighted by Gasteiger charge is 2.67. The summed E-state index contributed by atoms with van der Waals surface area (Å²) in [5.41, 5.74) is 5.46. The molecule has 1 aliphatic carbocycles. The van der Waals surface area contributed by atoms with Crippen molar-refractivity contribution in [1.82, 2.24) is 14.9 Å². The van der Waals surface area contributed by atoms with Crippen LogP contribution in [0, 0.1) is 0 Å². The highest BCUT2D eigenvalue weighted by molar-refractivity contribution is 5.96. The number of esters is 1. The third kappa shape index (κ3) is 4.02. The average molecular weight is 597 g/mol. The molecule has 4 aliphatic rings. The van der Waals surface area contributed by atoms with Crippen molar-refractivity contribution in [3.63, 3.8) is 0 Å². The number of hydrazine groups is 1. The largest absolute Gasteiger partial charge is 0.465 e. The summed E-state index contributed by atoms with van der Waals surface area (Å²) in [4.78, 5) is 16.2. The molecule has 4 aromatic carbocycles. The van der Waals surface area contributed by atoms with Crippen molar-refractivity contribution in [2.45, 2.75) is 17.1 Å². The second kappa shape index (κ2) is 11.1. The van der Waals surface area contributed by atoms with Crippen LogP contribution in [0.2, 0.25) is 0 Å². The van der Waals surface area contributed by atoms with Crippen molar-refractivity contribution in [3.05, 3.63) is 161 Å². The number of carbonyl (C=O) groups is 1. The Morgan fingerprint density at radius 2 is 1.38 bits per heavy atom. The molecule has 2 atom stereocenters. The van der Waals surface area contributed by atoms with Gasteiger partial charge in [0, 0.05) is 24.3 Å². The monoisotopic (exact) mass is 596 g/mol. The van der Waals surface area contributed by atoms with Gasteiger partial charge in [-0.25, -0.2) is 14.8 Å². The number of morpholine rings is 1. The van der Waals surface area contributed by atoms with Gasteiger partial charge in [-0.05, 0) is 28.8 Å². The van der Waals surface area contributed by atoms with Crippen LogP contribution < -0.4 is 5.32 Å². The van der Waals surface area contributed by atoms with Crippen molar-refractivity contribution in [3.8, 4) is 0 Å². The van der Waals surface area contributed by atoms with Gasteiger partial charge in [0.2, 0.25) is 0 Å². The van der Waals surface area contributed by atoms with Gasteiger partial charge in [0.05, 0.1) is 49.8 Å². The van der Waals surface area contributed by atoms with Crippen LogP contribution in [0.25, 0.3) is 0 Å². The predicted molar refractivity (Wildman–Crippen MR) is 174 cm³/mol. The van der Waals surface area contributed by atoms with Gasteiger partial charge in [-0.15, -0.1) is 0 Å². The Kier molecular flexibility index (Phi) is 6.92. The molecule has 7 nitrogen and oxygen atoms in total. The molecule has 0 amide bonds. The van der Waals surface area contributed by atoms with Crippen LogP contribution in [0.1, 0.15) is 22.3 Å². The molecule has 2 fully saturated rings. The number of anilines is 1. The van der Waals surface area contributed by atoms with Gasteiger partial charge in [0.15, 0.2) is 0 Å². The predicted octanol–water partition coefficient (Wildman–Crippen LogP) is 5.49. The number of nitrogens with zero attached hydrogens (tertiary/aromatic N) is 3. The number of para-hydroxylation sites is 1. The highest BCUT2D eigenvalue weighted by Crippen LogP contribution is 2.61. The number of hydrogen-bond donors (Lipinski definition) is 1. The Hall–Kier alpha value is -4.53. The molecular formula is C38H36N4O3. The lowest BCUT2D eigenvalue weighted by molar-refractivity contribution is -0.135. The van der Waals surface area contributed by atoms with Gasteiger partial charge in [0.25, 0.3) is 0 Å². The van der Waals surface area contributed by atoms with Crippen LogP contribution in [0.4, 0.5) is 5.69 Å². The Morgan fingerprint density at radius 3 is 1.96 bits per heavy atom. The lowest BCUT2D eigenvalue weighted by atomic mass is 9.69. The Balaban J connectivity index is 1.51. The zero-order valence-electron chi connectivity index (χ0n) is 25.3. The molecule has 3 heterocycles. The fourth-order valence-electron chi connectivity index (χ4n) is 8.11. The van der Waals surface area contributed by atoms with E-state index < -0.39 is 11.1 Å². The maximum absolute atomic E-state index is 13.6. The maximum Gasteiger partial charge on any atom is 0.339 e. The van der Waals surface area contributed by atoms with E-state index in [2.05, 4.69) is 142 Å². The summed E-state index contributed by atoms with van der Waals surface area (Å²) >= 11 is 0. The van der Waals surface area contributed by atoms with E-state index in [0.29, 0.717) is 25.5 Å². The number of hydrogen-bond acceptors (Lipinski definition) is 7. The maximum atomic E-state index is 13.6. The van der Waals surface area contributed by atoms with E-state index in [4.69, 9.17) is 9.47 Å². The molecule has 4 aromatic rings. The molecule has 0 aromatic heterocycles. The summed E-state index contributed by atoms with van der Waals surface area (Å²) in [5.74, 6) is -0.353. The van der Waals surface area contributed by atoms with E-state index in [1.807, 2.05) is 6.08 Å². The van der Waals surface area contributed by atoms with Gasteiger partial charge in [0.1, 0.15) is 5.54 Å². The minimum atomic E-state index is -0.769. The summed E-state index contributed by atoms with van der Waals surface area (Å²) in [6.07, 6.45) is 4.16. The molecule has 0 radical (unpaired) electrons. The van der Waals surface area contributed by atoms with E-state index in [-0.39, 0.29) is 12.0 Å². The molecule has 3 aliphatic heterocycles. The molecule has 45 heavy (non-hydrogen) atoms. The zero-order chi connectivity index (χ0) is 30.4. The third-order valence-corrected chi connectivity index (χ3v) is 9.89.